The first-order valence-corrected chi connectivity index (χ1v) is 11.1. The molecule has 1 aliphatic rings. The number of piperidine rings is 1. The second-order valence-electron chi connectivity index (χ2n) is 8.74. The molecular weight excluding hydrogens is 442 g/mol. The monoisotopic (exact) mass is 466 g/mol. The molecule has 0 spiro atoms. The minimum Gasteiger partial charge on any atom is -0.478 e. The van der Waals surface area contributed by atoms with Gasteiger partial charge in [0.25, 0.3) is 5.92 Å². The molecule has 10 heteroatoms. The van der Waals surface area contributed by atoms with Gasteiger partial charge in [-0.2, -0.15) is 0 Å². The van der Waals surface area contributed by atoms with E-state index in [2.05, 4.69) is 15.5 Å². The summed E-state index contributed by atoms with van der Waals surface area (Å²) in [5.74, 6) is -3.17. The van der Waals surface area contributed by atoms with Gasteiger partial charge in [-0.25, -0.2) is 18.6 Å². The van der Waals surface area contributed by atoms with Crippen molar-refractivity contribution in [1.82, 2.24) is 19.6 Å². The van der Waals surface area contributed by atoms with Gasteiger partial charge in [-0.05, 0) is 37.6 Å². The lowest BCUT2D eigenvalue weighted by Crippen LogP contribution is -2.40. The van der Waals surface area contributed by atoms with Crippen molar-refractivity contribution in [1.29, 1.82) is 0 Å². The third kappa shape index (κ3) is 3.89. The Hall–Kier alpha value is -3.82. The number of benzene rings is 2. The van der Waals surface area contributed by atoms with E-state index in [-0.39, 0.29) is 37.5 Å². The smallest absolute Gasteiger partial charge is 0.337 e. The summed E-state index contributed by atoms with van der Waals surface area (Å²) in [5.41, 5.74) is 4.51. The molecule has 0 unspecified atom stereocenters. The highest BCUT2D eigenvalue weighted by atomic mass is 19.3. The van der Waals surface area contributed by atoms with Gasteiger partial charge in [0.15, 0.2) is 5.82 Å². The lowest BCUT2D eigenvalue weighted by atomic mass is 10.0. The molecule has 34 heavy (non-hydrogen) atoms. The number of carboxylic acid groups (broad SMARTS) is 1. The normalized spacial score (nSPS) is 16.6. The zero-order valence-corrected chi connectivity index (χ0v) is 18.8. The highest BCUT2D eigenvalue weighted by molar-refractivity contribution is 5.94. The van der Waals surface area contributed by atoms with Crippen molar-refractivity contribution in [2.75, 3.05) is 23.3 Å². The van der Waals surface area contributed by atoms with Crippen LogP contribution in [0.2, 0.25) is 0 Å². The van der Waals surface area contributed by atoms with E-state index in [1.807, 2.05) is 35.3 Å². The molecule has 176 valence electrons. The molecule has 1 aliphatic heterocycles. The lowest BCUT2D eigenvalue weighted by molar-refractivity contribution is -0.0221. The minimum absolute atomic E-state index is 0.176. The van der Waals surface area contributed by atoms with Crippen molar-refractivity contribution >= 4 is 34.2 Å². The van der Waals surface area contributed by atoms with Crippen molar-refractivity contribution in [3.8, 4) is 0 Å². The average molecular weight is 466 g/mol. The van der Waals surface area contributed by atoms with E-state index < -0.39 is 11.9 Å². The molecule has 5 rings (SSSR count). The highest BCUT2D eigenvalue weighted by Gasteiger charge is 2.35. The maximum Gasteiger partial charge on any atom is 0.337 e. The van der Waals surface area contributed by atoms with Crippen LogP contribution >= 0.6 is 0 Å². The SMILES string of the molecule is Cc1cc([C@@H](C)Nc2ccccc2C(=O)O)c2nc(N3CCC(F)(F)CC3)c3nncn3c2c1. The van der Waals surface area contributed by atoms with E-state index in [1.165, 1.54) is 0 Å². The first kappa shape index (κ1) is 22.0. The molecule has 1 saturated heterocycles. The largest absolute Gasteiger partial charge is 0.478 e. The van der Waals surface area contributed by atoms with E-state index in [4.69, 9.17) is 4.98 Å². The lowest BCUT2D eigenvalue weighted by Gasteiger charge is -2.32. The second-order valence-corrected chi connectivity index (χ2v) is 8.74. The van der Waals surface area contributed by atoms with Crippen molar-refractivity contribution in [2.24, 2.45) is 0 Å². The molecule has 1 atom stereocenters. The molecule has 2 aromatic heterocycles. The van der Waals surface area contributed by atoms with Gasteiger partial charge in [0, 0.05) is 37.2 Å². The zero-order chi connectivity index (χ0) is 24.0. The Morgan fingerprint density at radius 3 is 2.68 bits per heavy atom. The number of rotatable bonds is 5. The summed E-state index contributed by atoms with van der Waals surface area (Å²) in [4.78, 5) is 18.4. The Balaban J connectivity index is 1.62. The topological polar surface area (TPSA) is 95.6 Å². The molecule has 0 amide bonds. The number of hydrogen-bond donors (Lipinski definition) is 2. The van der Waals surface area contributed by atoms with E-state index >= 15 is 0 Å². The van der Waals surface area contributed by atoms with Gasteiger partial charge < -0.3 is 15.3 Å². The van der Waals surface area contributed by atoms with Gasteiger partial charge in [-0.3, -0.25) is 4.40 Å². The summed E-state index contributed by atoms with van der Waals surface area (Å²) in [7, 11) is 0. The fourth-order valence-electron chi connectivity index (χ4n) is 4.51. The number of nitrogens with zero attached hydrogens (tertiary/aromatic N) is 5. The van der Waals surface area contributed by atoms with Gasteiger partial charge in [-0.15, -0.1) is 10.2 Å². The fourth-order valence-corrected chi connectivity index (χ4v) is 4.51. The molecule has 0 radical (unpaired) electrons. The molecule has 4 aromatic rings. The molecular formula is C24H24F2N6O2. The van der Waals surface area contributed by atoms with Gasteiger partial charge in [-0.1, -0.05) is 18.2 Å². The fraction of sp³-hybridized carbons (Fsp3) is 0.333. The van der Waals surface area contributed by atoms with Crippen LogP contribution in [0.25, 0.3) is 16.7 Å². The van der Waals surface area contributed by atoms with Crippen LogP contribution in [0.3, 0.4) is 0 Å². The number of para-hydroxylation sites is 1. The predicted molar refractivity (Wildman–Crippen MR) is 125 cm³/mol. The van der Waals surface area contributed by atoms with Crippen LogP contribution in [0, 0.1) is 6.92 Å². The Morgan fingerprint density at radius 2 is 1.94 bits per heavy atom. The van der Waals surface area contributed by atoms with Crippen LogP contribution in [0.5, 0.6) is 0 Å². The number of aryl methyl sites for hydroxylation is 1. The maximum absolute atomic E-state index is 13.8. The summed E-state index contributed by atoms with van der Waals surface area (Å²) in [6.07, 6.45) is 1.12. The highest BCUT2D eigenvalue weighted by Crippen LogP contribution is 2.34. The number of carboxylic acids is 1. The van der Waals surface area contributed by atoms with Crippen molar-refractivity contribution in [3.63, 3.8) is 0 Å². The third-order valence-electron chi connectivity index (χ3n) is 6.28. The molecule has 1 fully saturated rings. The van der Waals surface area contributed by atoms with Crippen molar-refractivity contribution < 1.29 is 18.7 Å². The average Bonchev–Trinajstić information content (AvgIpc) is 3.29. The van der Waals surface area contributed by atoms with E-state index in [0.29, 0.717) is 22.7 Å². The molecule has 2 aromatic carbocycles. The molecule has 0 bridgehead atoms. The quantitative estimate of drug-likeness (QED) is 0.440. The molecule has 0 aliphatic carbocycles. The van der Waals surface area contributed by atoms with Crippen LogP contribution in [0.15, 0.2) is 42.7 Å². The standard InChI is InChI=1S/C24H24F2N6O2/c1-14-11-17(15(2)28-18-6-4-3-5-16(18)23(33)34)20-19(12-14)32-13-27-30-22(32)21(29-20)31-9-7-24(25,26)8-10-31/h3-6,11-13,15,28H,7-10H2,1-2H3,(H,33,34)/t15-/m1/s1. The van der Waals surface area contributed by atoms with Gasteiger partial charge in [0.1, 0.15) is 6.33 Å². The number of fused-ring (bicyclic) bond motifs is 3. The van der Waals surface area contributed by atoms with Gasteiger partial charge in [0.2, 0.25) is 5.65 Å². The summed E-state index contributed by atoms with van der Waals surface area (Å²) in [6, 6.07) is 10.4. The maximum atomic E-state index is 13.8. The molecule has 2 N–H and O–H groups in total. The summed E-state index contributed by atoms with van der Waals surface area (Å²) < 4.78 is 29.4. The van der Waals surface area contributed by atoms with Crippen LogP contribution in [-0.4, -0.2) is 49.7 Å². The Labute approximate surface area is 194 Å². The summed E-state index contributed by atoms with van der Waals surface area (Å²) >= 11 is 0. The Bertz CT molecular complexity index is 1390. The van der Waals surface area contributed by atoms with Gasteiger partial charge in [0.05, 0.1) is 22.6 Å². The number of nitrogens with one attached hydrogen (secondary N) is 1. The van der Waals surface area contributed by atoms with E-state index in [9.17, 15) is 18.7 Å². The Kier molecular flexibility index (Phi) is 5.30. The second kappa shape index (κ2) is 8.19. The minimum atomic E-state index is -2.67. The summed E-state index contributed by atoms with van der Waals surface area (Å²) in [6.45, 7) is 4.26. The predicted octanol–water partition coefficient (Wildman–Crippen LogP) is 4.69. The zero-order valence-electron chi connectivity index (χ0n) is 18.8. The summed E-state index contributed by atoms with van der Waals surface area (Å²) in [5, 5.41) is 21.1. The molecule has 8 nitrogen and oxygen atoms in total. The number of aromatic carboxylic acids is 1. The Morgan fingerprint density at radius 1 is 1.21 bits per heavy atom. The molecule has 0 saturated carbocycles. The van der Waals surface area contributed by atoms with Crippen LogP contribution in [0.4, 0.5) is 20.3 Å². The van der Waals surface area contributed by atoms with Crippen molar-refractivity contribution in [3.05, 3.63) is 59.4 Å². The number of halogens is 2. The van der Waals surface area contributed by atoms with Crippen molar-refractivity contribution in [2.45, 2.75) is 38.7 Å². The number of anilines is 2. The van der Waals surface area contributed by atoms with E-state index in [0.717, 1.165) is 16.6 Å². The first-order chi connectivity index (χ1) is 16.2. The van der Waals surface area contributed by atoms with Crippen LogP contribution in [-0.2, 0) is 0 Å². The number of carbonyl (C=O) groups is 1. The van der Waals surface area contributed by atoms with Crippen LogP contribution < -0.4 is 10.2 Å². The molecule has 3 heterocycles. The van der Waals surface area contributed by atoms with E-state index in [1.54, 1.807) is 30.6 Å². The number of alkyl halides is 2. The number of aromatic nitrogens is 4. The van der Waals surface area contributed by atoms with Crippen LogP contribution in [0.1, 0.15) is 47.3 Å². The third-order valence-corrected chi connectivity index (χ3v) is 6.28. The number of hydrogen-bond acceptors (Lipinski definition) is 6. The first-order valence-electron chi connectivity index (χ1n) is 11.1. The van der Waals surface area contributed by atoms with Gasteiger partial charge >= 0.3 is 5.97 Å².